The molecule has 28 heavy (non-hydrogen) atoms. The number of aryl methyl sites for hydroxylation is 2. The molecule has 1 N–H and O–H groups in total. The number of esters is 1. The van der Waals surface area contributed by atoms with Crippen LogP contribution >= 0.6 is 0 Å². The van der Waals surface area contributed by atoms with E-state index in [1.165, 1.54) is 20.1 Å². The summed E-state index contributed by atoms with van der Waals surface area (Å²) >= 11 is 0. The highest BCUT2D eigenvalue weighted by molar-refractivity contribution is 6.01. The summed E-state index contributed by atoms with van der Waals surface area (Å²) in [4.78, 5) is 24.7. The van der Waals surface area contributed by atoms with Gasteiger partial charge in [-0.3, -0.25) is 4.79 Å². The summed E-state index contributed by atoms with van der Waals surface area (Å²) in [5, 5.41) is 12.0. The number of carbonyl (C=O) groups is 2. The third-order valence-electron chi connectivity index (χ3n) is 4.05. The van der Waals surface area contributed by atoms with Crippen molar-refractivity contribution in [3.05, 3.63) is 64.7 Å². The number of hydrogen-bond donors (Lipinski definition) is 1. The fraction of sp³-hybridized carbons (Fsp3) is 0.227. The summed E-state index contributed by atoms with van der Waals surface area (Å²) in [6, 6.07) is 14.4. The number of hydrogen-bond acceptors (Lipinski definition) is 5. The number of nitrogens with zero attached hydrogens (tertiary/aromatic N) is 1. The number of methoxy groups -OCH3 is 1. The van der Waals surface area contributed by atoms with Crippen molar-refractivity contribution in [2.75, 3.05) is 12.4 Å². The third-order valence-corrected chi connectivity index (χ3v) is 4.05. The molecule has 2 aromatic rings. The largest absolute Gasteiger partial charge is 0.497 e. The topological polar surface area (TPSA) is 88.4 Å². The molecule has 0 heterocycles. The van der Waals surface area contributed by atoms with Crippen molar-refractivity contribution in [3.8, 4) is 11.8 Å². The molecule has 0 fully saturated rings. The van der Waals surface area contributed by atoms with Crippen LogP contribution in [0.25, 0.3) is 6.08 Å². The van der Waals surface area contributed by atoms with E-state index in [1.807, 2.05) is 38.1 Å². The molecule has 0 aliphatic heterocycles. The maximum absolute atomic E-state index is 12.4. The number of benzene rings is 2. The van der Waals surface area contributed by atoms with E-state index in [1.54, 1.807) is 24.3 Å². The maximum Gasteiger partial charge on any atom is 0.349 e. The van der Waals surface area contributed by atoms with Crippen molar-refractivity contribution in [2.24, 2.45) is 0 Å². The molecule has 1 atom stereocenters. The normalized spacial score (nSPS) is 11.9. The Hall–Kier alpha value is -3.59. The van der Waals surface area contributed by atoms with Crippen LogP contribution in [0.2, 0.25) is 0 Å². The molecule has 144 valence electrons. The molecule has 0 aliphatic rings. The number of rotatable bonds is 6. The van der Waals surface area contributed by atoms with Gasteiger partial charge in [0.15, 0.2) is 6.10 Å². The van der Waals surface area contributed by atoms with E-state index >= 15 is 0 Å². The first-order valence-corrected chi connectivity index (χ1v) is 8.69. The second-order valence-electron chi connectivity index (χ2n) is 6.30. The molecule has 0 saturated heterocycles. The molecule has 0 aromatic heterocycles. The molecule has 2 aromatic carbocycles. The van der Waals surface area contributed by atoms with Crippen LogP contribution in [0.1, 0.15) is 23.6 Å². The summed E-state index contributed by atoms with van der Waals surface area (Å²) < 4.78 is 10.3. The Bertz CT molecular complexity index is 957. The van der Waals surface area contributed by atoms with E-state index in [9.17, 15) is 14.9 Å². The number of nitrogens with one attached hydrogen (secondary N) is 1. The quantitative estimate of drug-likeness (QED) is 0.469. The molecule has 6 nitrogen and oxygen atoms in total. The van der Waals surface area contributed by atoms with Gasteiger partial charge < -0.3 is 14.8 Å². The van der Waals surface area contributed by atoms with Crippen molar-refractivity contribution in [3.63, 3.8) is 0 Å². The lowest BCUT2D eigenvalue weighted by Crippen LogP contribution is -2.30. The van der Waals surface area contributed by atoms with E-state index in [0.717, 1.165) is 11.1 Å². The third kappa shape index (κ3) is 5.45. The van der Waals surface area contributed by atoms with Gasteiger partial charge in [-0.15, -0.1) is 0 Å². The number of anilines is 1. The maximum atomic E-state index is 12.4. The number of amides is 1. The van der Waals surface area contributed by atoms with Gasteiger partial charge in [-0.25, -0.2) is 4.79 Å². The number of ether oxygens (including phenoxy) is 2. The number of nitriles is 1. The van der Waals surface area contributed by atoms with Crippen molar-refractivity contribution in [1.29, 1.82) is 5.26 Å². The first-order chi connectivity index (χ1) is 13.3. The molecular weight excluding hydrogens is 356 g/mol. The average molecular weight is 378 g/mol. The van der Waals surface area contributed by atoms with Crippen molar-refractivity contribution >= 4 is 23.6 Å². The van der Waals surface area contributed by atoms with Gasteiger partial charge in [0.1, 0.15) is 17.4 Å². The van der Waals surface area contributed by atoms with E-state index in [0.29, 0.717) is 17.0 Å². The van der Waals surface area contributed by atoms with E-state index < -0.39 is 18.0 Å². The summed E-state index contributed by atoms with van der Waals surface area (Å²) in [6.07, 6.45) is 0.328. The van der Waals surface area contributed by atoms with Gasteiger partial charge in [0.05, 0.1) is 7.11 Å². The van der Waals surface area contributed by atoms with Gasteiger partial charge in [-0.05, 0) is 61.7 Å². The zero-order chi connectivity index (χ0) is 20.7. The Labute approximate surface area is 164 Å². The summed E-state index contributed by atoms with van der Waals surface area (Å²) in [5.41, 5.74) is 2.95. The van der Waals surface area contributed by atoms with Crippen LogP contribution < -0.4 is 10.1 Å². The smallest absolute Gasteiger partial charge is 0.349 e. The fourth-order valence-corrected chi connectivity index (χ4v) is 2.42. The summed E-state index contributed by atoms with van der Waals surface area (Å²) in [7, 11) is 1.53. The standard InChI is InChI=1S/C22H22N2O4/c1-14-8-9-15(2)20(10-14)24-21(25)16(3)28-22(26)18(13-23)11-17-6-5-7-19(12-17)27-4/h5-12,16H,1-4H3,(H,24,25)/b18-11+/t16-/m1/s1. The summed E-state index contributed by atoms with van der Waals surface area (Å²) in [6.45, 7) is 5.25. The molecule has 0 saturated carbocycles. The van der Waals surface area contributed by atoms with Crippen LogP contribution in [0.4, 0.5) is 5.69 Å². The lowest BCUT2D eigenvalue weighted by atomic mass is 10.1. The Morgan fingerprint density at radius 1 is 1.18 bits per heavy atom. The van der Waals surface area contributed by atoms with E-state index in [4.69, 9.17) is 9.47 Å². The fourth-order valence-electron chi connectivity index (χ4n) is 2.42. The molecule has 2 rings (SSSR count). The predicted octanol–water partition coefficient (Wildman–Crippen LogP) is 3.79. The van der Waals surface area contributed by atoms with Gasteiger partial charge in [0, 0.05) is 5.69 Å². The van der Waals surface area contributed by atoms with Crippen molar-refractivity contribution in [2.45, 2.75) is 26.9 Å². The zero-order valence-corrected chi connectivity index (χ0v) is 16.3. The minimum Gasteiger partial charge on any atom is -0.497 e. The predicted molar refractivity (Wildman–Crippen MR) is 107 cm³/mol. The van der Waals surface area contributed by atoms with Crippen LogP contribution in [-0.4, -0.2) is 25.1 Å². The summed E-state index contributed by atoms with van der Waals surface area (Å²) in [5.74, 6) is -0.740. The highest BCUT2D eigenvalue weighted by atomic mass is 16.5. The number of carbonyl (C=O) groups excluding carboxylic acids is 2. The van der Waals surface area contributed by atoms with Crippen LogP contribution in [-0.2, 0) is 14.3 Å². The van der Waals surface area contributed by atoms with Gasteiger partial charge in [-0.2, -0.15) is 5.26 Å². The second-order valence-corrected chi connectivity index (χ2v) is 6.30. The van der Waals surface area contributed by atoms with Crippen molar-refractivity contribution < 1.29 is 19.1 Å². The average Bonchev–Trinajstić information content (AvgIpc) is 2.68. The van der Waals surface area contributed by atoms with Gasteiger partial charge in [0.2, 0.25) is 0 Å². The molecule has 0 spiro atoms. The Morgan fingerprint density at radius 3 is 2.61 bits per heavy atom. The van der Waals surface area contributed by atoms with Crippen LogP contribution in [0.5, 0.6) is 5.75 Å². The van der Waals surface area contributed by atoms with Gasteiger partial charge in [-0.1, -0.05) is 24.3 Å². The second kappa shape index (κ2) is 9.38. The van der Waals surface area contributed by atoms with Crippen molar-refractivity contribution in [1.82, 2.24) is 0 Å². The molecule has 6 heteroatoms. The highest BCUT2D eigenvalue weighted by Crippen LogP contribution is 2.18. The molecule has 0 bridgehead atoms. The molecule has 0 unspecified atom stereocenters. The SMILES string of the molecule is COc1cccc(/C=C(\C#N)C(=O)O[C@H](C)C(=O)Nc2cc(C)ccc2C)c1. The van der Waals surface area contributed by atoms with Crippen LogP contribution in [0.3, 0.4) is 0 Å². The molecular formula is C22H22N2O4. The molecule has 0 aliphatic carbocycles. The van der Waals surface area contributed by atoms with Gasteiger partial charge in [0.25, 0.3) is 5.91 Å². The minimum absolute atomic E-state index is 0.209. The van der Waals surface area contributed by atoms with E-state index in [2.05, 4.69) is 5.32 Å². The van der Waals surface area contributed by atoms with E-state index in [-0.39, 0.29) is 5.57 Å². The minimum atomic E-state index is -1.06. The molecule has 0 radical (unpaired) electrons. The monoisotopic (exact) mass is 378 g/mol. The highest BCUT2D eigenvalue weighted by Gasteiger charge is 2.21. The Morgan fingerprint density at radius 2 is 1.93 bits per heavy atom. The first kappa shape index (κ1) is 20.7. The zero-order valence-electron chi connectivity index (χ0n) is 16.3. The van der Waals surface area contributed by atoms with Crippen LogP contribution in [0, 0.1) is 25.2 Å². The lowest BCUT2D eigenvalue weighted by molar-refractivity contribution is -0.148. The first-order valence-electron chi connectivity index (χ1n) is 8.69. The molecule has 1 amide bonds. The van der Waals surface area contributed by atoms with Gasteiger partial charge >= 0.3 is 5.97 Å². The van der Waals surface area contributed by atoms with Crippen LogP contribution in [0.15, 0.2) is 48.0 Å². The Balaban J connectivity index is 2.08. The lowest BCUT2D eigenvalue weighted by Gasteiger charge is -2.15. The Kier molecular flexibility index (Phi) is 6.94.